The van der Waals surface area contributed by atoms with Gasteiger partial charge in [0.05, 0.1) is 6.26 Å². The van der Waals surface area contributed by atoms with Crippen molar-refractivity contribution in [1.82, 2.24) is 10.2 Å². The zero-order valence-corrected chi connectivity index (χ0v) is 17.1. The van der Waals surface area contributed by atoms with Gasteiger partial charge in [0.25, 0.3) is 5.91 Å². The van der Waals surface area contributed by atoms with Gasteiger partial charge in [-0.3, -0.25) is 9.59 Å². The molecule has 5 nitrogen and oxygen atoms in total. The van der Waals surface area contributed by atoms with Crippen LogP contribution in [-0.4, -0.2) is 29.8 Å². The van der Waals surface area contributed by atoms with Crippen molar-refractivity contribution in [3.63, 3.8) is 0 Å². The second kappa shape index (κ2) is 9.37. The Labute approximate surface area is 172 Å². The first-order valence-electron chi connectivity index (χ1n) is 8.90. The summed E-state index contributed by atoms with van der Waals surface area (Å²) < 4.78 is 6.14. The summed E-state index contributed by atoms with van der Waals surface area (Å²) in [5.74, 6) is -0.385. The van der Waals surface area contributed by atoms with Crippen molar-refractivity contribution in [3.8, 4) is 0 Å². The zero-order valence-electron chi connectivity index (χ0n) is 15.5. The van der Waals surface area contributed by atoms with Gasteiger partial charge >= 0.3 is 0 Å². The Bertz CT molecular complexity index is 909. The van der Waals surface area contributed by atoms with E-state index in [9.17, 15) is 9.59 Å². The molecule has 3 aromatic rings. The van der Waals surface area contributed by atoms with Crippen LogP contribution in [0.2, 0.25) is 0 Å². The van der Waals surface area contributed by atoms with E-state index in [2.05, 4.69) is 21.2 Å². The zero-order chi connectivity index (χ0) is 19.9. The van der Waals surface area contributed by atoms with Crippen molar-refractivity contribution in [2.45, 2.75) is 19.0 Å². The molecule has 0 aliphatic rings. The highest BCUT2D eigenvalue weighted by Crippen LogP contribution is 2.13. The van der Waals surface area contributed by atoms with Crippen LogP contribution in [0.4, 0.5) is 0 Å². The van der Waals surface area contributed by atoms with Crippen molar-refractivity contribution < 1.29 is 14.0 Å². The number of likely N-dealkylation sites (N-methyl/N-ethyl adjacent to an activating group) is 1. The van der Waals surface area contributed by atoms with Crippen LogP contribution in [0.15, 0.2) is 81.9 Å². The van der Waals surface area contributed by atoms with Gasteiger partial charge < -0.3 is 14.6 Å². The third-order valence-corrected chi connectivity index (χ3v) is 4.87. The predicted octanol–water partition coefficient (Wildman–Crippen LogP) is 4.04. The molecule has 6 heteroatoms. The summed E-state index contributed by atoms with van der Waals surface area (Å²) in [5, 5.41) is 2.81. The van der Waals surface area contributed by atoms with Gasteiger partial charge in [-0.15, -0.1) is 0 Å². The van der Waals surface area contributed by atoms with Gasteiger partial charge in [0.1, 0.15) is 6.04 Å². The topological polar surface area (TPSA) is 62.6 Å². The lowest BCUT2D eigenvalue weighted by molar-refractivity contribution is -0.132. The van der Waals surface area contributed by atoms with Gasteiger partial charge in [-0.2, -0.15) is 0 Å². The second-order valence-electron chi connectivity index (χ2n) is 6.51. The predicted molar refractivity (Wildman–Crippen MR) is 111 cm³/mol. The van der Waals surface area contributed by atoms with Gasteiger partial charge in [-0.05, 0) is 35.4 Å². The lowest BCUT2D eigenvalue weighted by Gasteiger charge is -2.24. The average molecular weight is 441 g/mol. The molecule has 0 saturated heterocycles. The second-order valence-corrected chi connectivity index (χ2v) is 7.43. The molecule has 1 unspecified atom stereocenters. The molecular formula is C22H21BrN2O3. The Hall–Kier alpha value is -2.86. The normalized spacial score (nSPS) is 11.6. The molecule has 0 fully saturated rings. The maximum absolute atomic E-state index is 13.1. The molecule has 0 aliphatic heterocycles. The molecule has 0 spiro atoms. The standard InChI is InChI=1S/C22H21BrN2O3/c1-25(15-17-9-11-18(23)12-10-17)22(27)19(14-16-6-3-2-4-7-16)24-21(26)20-8-5-13-28-20/h2-13,19H,14-15H2,1H3,(H,24,26). The molecule has 2 aromatic carbocycles. The summed E-state index contributed by atoms with van der Waals surface area (Å²) in [7, 11) is 1.74. The molecule has 0 aliphatic carbocycles. The van der Waals surface area contributed by atoms with Crippen molar-refractivity contribution in [3.05, 3.63) is 94.4 Å². The molecule has 1 heterocycles. The highest BCUT2D eigenvalue weighted by molar-refractivity contribution is 9.10. The molecule has 2 amide bonds. The maximum Gasteiger partial charge on any atom is 0.287 e. The first-order valence-corrected chi connectivity index (χ1v) is 9.70. The summed E-state index contributed by atoms with van der Waals surface area (Å²) >= 11 is 3.41. The van der Waals surface area contributed by atoms with Crippen LogP contribution < -0.4 is 5.32 Å². The number of nitrogens with one attached hydrogen (secondary N) is 1. The summed E-state index contributed by atoms with van der Waals surface area (Å²) in [6.07, 6.45) is 1.83. The van der Waals surface area contributed by atoms with E-state index in [1.165, 1.54) is 6.26 Å². The molecule has 1 atom stereocenters. The summed E-state index contributed by atoms with van der Waals surface area (Å²) in [4.78, 5) is 27.2. The van der Waals surface area contributed by atoms with E-state index in [0.717, 1.165) is 15.6 Å². The lowest BCUT2D eigenvalue weighted by atomic mass is 10.0. The third kappa shape index (κ3) is 5.33. The first kappa shape index (κ1) is 19.9. The van der Waals surface area contributed by atoms with Crippen molar-refractivity contribution in [1.29, 1.82) is 0 Å². The number of furan rings is 1. The van der Waals surface area contributed by atoms with Crippen LogP contribution in [0.5, 0.6) is 0 Å². The smallest absolute Gasteiger partial charge is 0.287 e. The van der Waals surface area contributed by atoms with Gasteiger partial charge in [-0.25, -0.2) is 0 Å². The van der Waals surface area contributed by atoms with E-state index in [4.69, 9.17) is 4.42 Å². The Morgan fingerprint density at radius 2 is 1.71 bits per heavy atom. The number of amides is 2. The minimum atomic E-state index is -0.694. The fraction of sp³-hybridized carbons (Fsp3) is 0.182. The number of carbonyl (C=O) groups is 2. The van der Waals surface area contributed by atoms with E-state index < -0.39 is 11.9 Å². The minimum Gasteiger partial charge on any atom is -0.459 e. The highest BCUT2D eigenvalue weighted by Gasteiger charge is 2.25. The molecule has 1 N–H and O–H groups in total. The molecule has 0 radical (unpaired) electrons. The first-order chi connectivity index (χ1) is 13.5. The molecule has 144 valence electrons. The van der Waals surface area contributed by atoms with Crippen LogP contribution >= 0.6 is 15.9 Å². The van der Waals surface area contributed by atoms with Crippen LogP contribution in [0, 0.1) is 0 Å². The van der Waals surface area contributed by atoms with Gasteiger partial charge in [0, 0.05) is 24.5 Å². The maximum atomic E-state index is 13.1. The van der Waals surface area contributed by atoms with Crippen molar-refractivity contribution in [2.75, 3.05) is 7.05 Å². The van der Waals surface area contributed by atoms with E-state index in [1.54, 1.807) is 24.1 Å². The summed E-state index contributed by atoms with van der Waals surface area (Å²) in [6.45, 7) is 0.452. The number of nitrogens with zero attached hydrogens (tertiary/aromatic N) is 1. The Kier molecular flexibility index (Phi) is 6.66. The average Bonchev–Trinajstić information content (AvgIpc) is 3.24. The Morgan fingerprint density at radius 1 is 1.00 bits per heavy atom. The van der Waals surface area contributed by atoms with Crippen molar-refractivity contribution in [2.24, 2.45) is 0 Å². The molecule has 1 aromatic heterocycles. The van der Waals surface area contributed by atoms with Crippen LogP contribution in [0.25, 0.3) is 0 Å². The van der Waals surface area contributed by atoms with E-state index in [0.29, 0.717) is 13.0 Å². The van der Waals surface area contributed by atoms with E-state index in [-0.39, 0.29) is 11.7 Å². The molecule has 3 rings (SSSR count). The fourth-order valence-corrected chi connectivity index (χ4v) is 3.16. The van der Waals surface area contributed by atoms with E-state index >= 15 is 0 Å². The van der Waals surface area contributed by atoms with Crippen LogP contribution in [0.1, 0.15) is 21.7 Å². The third-order valence-electron chi connectivity index (χ3n) is 4.34. The number of halogens is 1. The molecule has 28 heavy (non-hydrogen) atoms. The number of carbonyl (C=O) groups excluding carboxylic acids is 2. The molecule has 0 bridgehead atoms. The quantitative estimate of drug-likeness (QED) is 0.602. The van der Waals surface area contributed by atoms with Gasteiger partial charge in [0.2, 0.25) is 5.91 Å². The molecular weight excluding hydrogens is 420 g/mol. The summed E-state index contributed by atoms with van der Waals surface area (Å²) in [6, 6.07) is 19.9. The monoisotopic (exact) mass is 440 g/mol. The summed E-state index contributed by atoms with van der Waals surface area (Å²) in [5.41, 5.74) is 1.98. The van der Waals surface area contributed by atoms with Crippen molar-refractivity contribution >= 4 is 27.7 Å². The van der Waals surface area contributed by atoms with Crippen LogP contribution in [-0.2, 0) is 17.8 Å². The lowest BCUT2D eigenvalue weighted by Crippen LogP contribution is -2.48. The highest BCUT2D eigenvalue weighted by atomic mass is 79.9. The Balaban J connectivity index is 1.74. The Morgan fingerprint density at radius 3 is 2.36 bits per heavy atom. The number of rotatable bonds is 7. The molecule has 0 saturated carbocycles. The fourth-order valence-electron chi connectivity index (χ4n) is 2.89. The number of benzene rings is 2. The van der Waals surface area contributed by atoms with Crippen LogP contribution in [0.3, 0.4) is 0 Å². The van der Waals surface area contributed by atoms with E-state index in [1.807, 2.05) is 54.6 Å². The largest absolute Gasteiger partial charge is 0.459 e. The van der Waals surface area contributed by atoms with Gasteiger partial charge in [-0.1, -0.05) is 58.4 Å². The number of hydrogen-bond acceptors (Lipinski definition) is 3. The number of hydrogen-bond donors (Lipinski definition) is 1. The van der Waals surface area contributed by atoms with Gasteiger partial charge in [0.15, 0.2) is 5.76 Å². The minimum absolute atomic E-state index is 0.160. The SMILES string of the molecule is CN(Cc1ccc(Br)cc1)C(=O)C(Cc1ccccc1)NC(=O)c1ccco1.